The number of carbonyl (C=O) groups excluding carboxylic acids is 1. The smallest absolute Gasteiger partial charge is 0.244 e. The van der Waals surface area contributed by atoms with Crippen molar-refractivity contribution in [1.82, 2.24) is 5.32 Å². The first-order valence-corrected chi connectivity index (χ1v) is 6.29. The van der Waals surface area contributed by atoms with Crippen LogP contribution in [0.1, 0.15) is 6.42 Å². The highest BCUT2D eigenvalue weighted by Gasteiger charge is 2.31. The van der Waals surface area contributed by atoms with Crippen molar-refractivity contribution in [3.8, 4) is 5.75 Å². The summed E-state index contributed by atoms with van der Waals surface area (Å²) in [4.78, 5) is 13.8. The maximum Gasteiger partial charge on any atom is 0.244 e. The molecule has 1 aromatic carbocycles. The fraction of sp³-hybridized carbons (Fsp3) is 0.417. The van der Waals surface area contributed by atoms with Crippen LogP contribution in [-0.4, -0.2) is 32.7 Å². The number of rotatable bonds is 3. The number of likely N-dealkylation sites (N-methyl/N-ethyl adjacent to an activating group) is 1. The van der Waals surface area contributed by atoms with Crippen molar-refractivity contribution < 1.29 is 9.53 Å². The number of anilines is 1. The van der Waals surface area contributed by atoms with E-state index in [9.17, 15) is 4.79 Å². The Kier molecular flexibility index (Phi) is 3.69. The van der Waals surface area contributed by atoms with Crippen LogP contribution in [0.2, 0.25) is 0 Å². The molecule has 0 spiro atoms. The summed E-state index contributed by atoms with van der Waals surface area (Å²) >= 11 is 3.43. The standard InChI is InChI=1S/C12H15BrN2O2/c1-14-10-5-6-15(12(10)16)8-3-4-11(17-2)9(13)7-8/h3-4,7,10,14H,5-6H2,1-2H3. The molecule has 0 radical (unpaired) electrons. The van der Waals surface area contributed by atoms with Crippen molar-refractivity contribution in [3.63, 3.8) is 0 Å². The first-order chi connectivity index (χ1) is 8.17. The zero-order valence-electron chi connectivity index (χ0n) is 9.87. The average molecular weight is 299 g/mol. The fourth-order valence-corrected chi connectivity index (χ4v) is 2.56. The van der Waals surface area contributed by atoms with E-state index in [0.717, 1.165) is 28.9 Å². The third-order valence-corrected chi connectivity index (χ3v) is 3.62. The van der Waals surface area contributed by atoms with E-state index in [0.29, 0.717) is 0 Å². The molecule has 1 aromatic rings. The number of halogens is 1. The molecule has 1 fully saturated rings. The Morgan fingerprint density at radius 2 is 2.29 bits per heavy atom. The second-order valence-electron chi connectivity index (χ2n) is 3.94. The number of hydrogen-bond acceptors (Lipinski definition) is 3. The third kappa shape index (κ3) is 2.30. The quantitative estimate of drug-likeness (QED) is 0.925. The summed E-state index contributed by atoms with van der Waals surface area (Å²) in [7, 11) is 3.44. The second-order valence-corrected chi connectivity index (χ2v) is 4.79. The molecule has 1 atom stereocenters. The number of methoxy groups -OCH3 is 1. The highest BCUT2D eigenvalue weighted by molar-refractivity contribution is 9.10. The van der Waals surface area contributed by atoms with Gasteiger partial charge in [0.05, 0.1) is 17.6 Å². The Hall–Kier alpha value is -1.07. The molecule has 17 heavy (non-hydrogen) atoms. The predicted octanol–water partition coefficient (Wildman–Crippen LogP) is 1.78. The summed E-state index contributed by atoms with van der Waals surface area (Å²) in [6.45, 7) is 0.753. The van der Waals surface area contributed by atoms with E-state index in [4.69, 9.17) is 4.74 Å². The van der Waals surface area contributed by atoms with Gasteiger partial charge in [0, 0.05) is 12.2 Å². The summed E-state index contributed by atoms with van der Waals surface area (Å²) in [5.74, 6) is 0.898. The SMILES string of the molecule is CNC1CCN(c2ccc(OC)c(Br)c2)C1=O. The van der Waals surface area contributed by atoms with Gasteiger partial charge >= 0.3 is 0 Å². The van der Waals surface area contributed by atoms with Gasteiger partial charge in [-0.2, -0.15) is 0 Å². The van der Waals surface area contributed by atoms with Gasteiger partial charge in [-0.05, 0) is 47.6 Å². The minimum Gasteiger partial charge on any atom is -0.496 e. The lowest BCUT2D eigenvalue weighted by Crippen LogP contribution is -2.36. The highest BCUT2D eigenvalue weighted by atomic mass is 79.9. The molecule has 0 bridgehead atoms. The van der Waals surface area contributed by atoms with E-state index in [2.05, 4.69) is 21.2 Å². The van der Waals surface area contributed by atoms with Gasteiger partial charge in [0.1, 0.15) is 5.75 Å². The van der Waals surface area contributed by atoms with E-state index in [-0.39, 0.29) is 11.9 Å². The lowest BCUT2D eigenvalue weighted by molar-refractivity contribution is -0.118. The minimum atomic E-state index is -0.0594. The van der Waals surface area contributed by atoms with E-state index in [1.807, 2.05) is 25.2 Å². The van der Waals surface area contributed by atoms with Gasteiger partial charge in [0.15, 0.2) is 0 Å². The van der Waals surface area contributed by atoms with Crippen molar-refractivity contribution in [2.24, 2.45) is 0 Å². The fourth-order valence-electron chi connectivity index (χ4n) is 2.03. The minimum absolute atomic E-state index is 0.0594. The van der Waals surface area contributed by atoms with Crippen LogP contribution in [0.25, 0.3) is 0 Å². The van der Waals surface area contributed by atoms with E-state index in [1.54, 1.807) is 12.0 Å². The lowest BCUT2D eigenvalue weighted by Gasteiger charge is -2.17. The van der Waals surface area contributed by atoms with Gasteiger partial charge in [0.2, 0.25) is 5.91 Å². The second kappa shape index (κ2) is 5.06. The van der Waals surface area contributed by atoms with Crippen molar-refractivity contribution >= 4 is 27.5 Å². The Balaban J connectivity index is 2.24. The number of carbonyl (C=O) groups is 1. The van der Waals surface area contributed by atoms with Crippen molar-refractivity contribution in [1.29, 1.82) is 0 Å². The zero-order chi connectivity index (χ0) is 12.4. The summed E-state index contributed by atoms with van der Waals surface area (Å²) in [6, 6.07) is 5.61. The normalized spacial score (nSPS) is 19.8. The largest absolute Gasteiger partial charge is 0.496 e. The average Bonchev–Trinajstić information content (AvgIpc) is 2.70. The van der Waals surface area contributed by atoms with Gasteiger partial charge in [-0.1, -0.05) is 0 Å². The molecule has 1 aliphatic rings. The summed E-state index contributed by atoms with van der Waals surface area (Å²) in [5.41, 5.74) is 0.903. The summed E-state index contributed by atoms with van der Waals surface area (Å²) in [5, 5.41) is 3.02. The number of benzene rings is 1. The topological polar surface area (TPSA) is 41.6 Å². The van der Waals surface area contributed by atoms with Crippen LogP contribution in [0, 0.1) is 0 Å². The van der Waals surface area contributed by atoms with E-state index >= 15 is 0 Å². The molecule has 1 heterocycles. The molecule has 92 valence electrons. The number of amides is 1. The Labute approximate surface area is 109 Å². The monoisotopic (exact) mass is 298 g/mol. The van der Waals surface area contributed by atoms with Gasteiger partial charge in [-0.15, -0.1) is 0 Å². The molecule has 1 unspecified atom stereocenters. The van der Waals surface area contributed by atoms with Crippen LogP contribution >= 0.6 is 15.9 Å². The number of nitrogens with one attached hydrogen (secondary N) is 1. The summed E-state index contributed by atoms with van der Waals surface area (Å²) in [6.07, 6.45) is 0.846. The molecule has 1 amide bonds. The molecule has 2 rings (SSSR count). The van der Waals surface area contributed by atoms with E-state index in [1.165, 1.54) is 0 Å². The molecular weight excluding hydrogens is 284 g/mol. The van der Waals surface area contributed by atoms with Crippen molar-refractivity contribution in [2.45, 2.75) is 12.5 Å². The van der Waals surface area contributed by atoms with Crippen LogP contribution in [0.15, 0.2) is 22.7 Å². The number of hydrogen-bond donors (Lipinski definition) is 1. The highest BCUT2D eigenvalue weighted by Crippen LogP contribution is 2.31. The predicted molar refractivity (Wildman–Crippen MR) is 70.5 cm³/mol. The summed E-state index contributed by atoms with van der Waals surface area (Å²) < 4.78 is 6.03. The van der Waals surface area contributed by atoms with Gasteiger partial charge in [0.25, 0.3) is 0 Å². The molecule has 1 saturated heterocycles. The van der Waals surface area contributed by atoms with Gasteiger partial charge in [-0.3, -0.25) is 4.79 Å². The molecule has 5 heteroatoms. The molecule has 1 aliphatic heterocycles. The first kappa shape index (κ1) is 12.4. The molecule has 0 aromatic heterocycles. The van der Waals surface area contributed by atoms with Crippen LogP contribution in [0.4, 0.5) is 5.69 Å². The van der Waals surface area contributed by atoms with E-state index < -0.39 is 0 Å². The Morgan fingerprint density at radius 3 is 2.82 bits per heavy atom. The van der Waals surface area contributed by atoms with Crippen LogP contribution in [0.5, 0.6) is 5.75 Å². The molecule has 0 aliphatic carbocycles. The number of ether oxygens (including phenoxy) is 1. The van der Waals surface area contributed by atoms with Crippen LogP contribution in [0.3, 0.4) is 0 Å². The maximum absolute atomic E-state index is 12.0. The zero-order valence-corrected chi connectivity index (χ0v) is 11.5. The van der Waals surface area contributed by atoms with Crippen molar-refractivity contribution in [3.05, 3.63) is 22.7 Å². The Morgan fingerprint density at radius 1 is 1.53 bits per heavy atom. The third-order valence-electron chi connectivity index (χ3n) is 3.00. The molecule has 4 nitrogen and oxygen atoms in total. The lowest BCUT2D eigenvalue weighted by atomic mass is 10.2. The molecule has 0 saturated carbocycles. The Bertz CT molecular complexity index is 437. The number of nitrogens with zero attached hydrogens (tertiary/aromatic N) is 1. The van der Waals surface area contributed by atoms with Gasteiger partial charge < -0.3 is 15.0 Å². The van der Waals surface area contributed by atoms with Crippen LogP contribution < -0.4 is 15.0 Å². The first-order valence-electron chi connectivity index (χ1n) is 5.49. The maximum atomic E-state index is 12.0. The van der Waals surface area contributed by atoms with Crippen LogP contribution in [-0.2, 0) is 4.79 Å². The molecular formula is C12H15BrN2O2. The molecule has 1 N–H and O–H groups in total. The van der Waals surface area contributed by atoms with Gasteiger partial charge in [-0.25, -0.2) is 0 Å². The van der Waals surface area contributed by atoms with Crippen molar-refractivity contribution in [2.75, 3.05) is 25.6 Å².